The maximum absolute atomic E-state index is 13.2. The van der Waals surface area contributed by atoms with Gasteiger partial charge < -0.3 is 15.4 Å². The number of nitrogens with zero attached hydrogens (tertiary/aromatic N) is 1. The minimum Gasteiger partial charge on any atom is -0.379 e. The second-order valence-electron chi connectivity index (χ2n) is 5.25. The van der Waals surface area contributed by atoms with E-state index in [1.54, 1.807) is 6.07 Å². The van der Waals surface area contributed by atoms with E-state index in [9.17, 15) is 8.78 Å². The molecule has 4 nitrogen and oxygen atoms in total. The molecule has 0 spiro atoms. The molecule has 0 aliphatic carbocycles. The Morgan fingerprint density at radius 2 is 2.05 bits per heavy atom. The molecule has 0 unspecified atom stereocenters. The van der Waals surface area contributed by atoms with Crippen LogP contribution in [-0.4, -0.2) is 49.4 Å². The van der Waals surface area contributed by atoms with Gasteiger partial charge in [-0.15, -0.1) is 0 Å². The van der Waals surface area contributed by atoms with Crippen molar-refractivity contribution in [1.82, 2.24) is 15.5 Å². The number of hydrogen-bond donors (Lipinski definition) is 2. The summed E-state index contributed by atoms with van der Waals surface area (Å²) in [5, 5.41) is 6.70. The van der Waals surface area contributed by atoms with E-state index in [4.69, 9.17) is 17.0 Å². The van der Waals surface area contributed by atoms with Crippen LogP contribution in [0.4, 0.5) is 8.78 Å². The Morgan fingerprint density at radius 1 is 1.32 bits per heavy atom. The minimum absolute atomic E-state index is 0.196. The van der Waals surface area contributed by atoms with E-state index >= 15 is 0 Å². The standard InChI is InChI=1S/C15H21F2N3OS/c1-11(12-2-3-13(16)14(17)10-12)19-15(22)18-4-5-20-6-8-21-9-7-20/h2-3,10-11H,4-9H2,1H3,(H2,18,19,22)/t11-/m0/s1. The Balaban J connectivity index is 1.72. The van der Waals surface area contributed by atoms with Crippen LogP contribution >= 0.6 is 12.2 Å². The fraction of sp³-hybridized carbons (Fsp3) is 0.533. The Kier molecular flexibility index (Phi) is 6.48. The molecule has 122 valence electrons. The highest BCUT2D eigenvalue weighted by atomic mass is 32.1. The van der Waals surface area contributed by atoms with Crippen LogP contribution in [0.3, 0.4) is 0 Å². The normalized spacial score (nSPS) is 17.0. The van der Waals surface area contributed by atoms with Crippen LogP contribution in [0.25, 0.3) is 0 Å². The number of nitrogens with one attached hydrogen (secondary N) is 2. The van der Waals surface area contributed by atoms with Crippen molar-refractivity contribution < 1.29 is 13.5 Å². The Bertz CT molecular complexity index is 510. The van der Waals surface area contributed by atoms with Gasteiger partial charge in [0.05, 0.1) is 19.3 Å². The summed E-state index contributed by atoms with van der Waals surface area (Å²) in [6.07, 6.45) is 0. The number of rotatable bonds is 5. The quantitative estimate of drug-likeness (QED) is 0.806. The highest BCUT2D eigenvalue weighted by Crippen LogP contribution is 2.15. The molecule has 7 heteroatoms. The van der Waals surface area contributed by atoms with E-state index in [1.165, 1.54) is 6.07 Å². The molecule has 1 aliphatic heterocycles. The molecule has 1 saturated heterocycles. The van der Waals surface area contributed by atoms with E-state index < -0.39 is 11.6 Å². The number of hydrogen-bond acceptors (Lipinski definition) is 3. The maximum Gasteiger partial charge on any atom is 0.166 e. The highest BCUT2D eigenvalue weighted by Gasteiger charge is 2.12. The third kappa shape index (κ3) is 5.15. The van der Waals surface area contributed by atoms with Crippen molar-refractivity contribution in [2.24, 2.45) is 0 Å². The molecule has 1 atom stereocenters. The molecular weight excluding hydrogens is 308 g/mol. The van der Waals surface area contributed by atoms with Crippen LogP contribution in [0.2, 0.25) is 0 Å². The molecule has 0 radical (unpaired) electrons. The van der Waals surface area contributed by atoms with E-state index in [0.29, 0.717) is 10.7 Å². The Hall–Kier alpha value is -1.31. The largest absolute Gasteiger partial charge is 0.379 e. The third-order valence-corrected chi connectivity index (χ3v) is 3.87. The van der Waals surface area contributed by atoms with Crippen LogP contribution in [0, 0.1) is 11.6 Å². The van der Waals surface area contributed by atoms with Crippen molar-refractivity contribution in [3.63, 3.8) is 0 Å². The summed E-state index contributed by atoms with van der Waals surface area (Å²) in [6.45, 7) is 6.90. The number of halogens is 2. The van der Waals surface area contributed by atoms with Crippen LogP contribution in [0.15, 0.2) is 18.2 Å². The molecular formula is C15H21F2N3OS. The van der Waals surface area contributed by atoms with E-state index in [0.717, 1.165) is 45.5 Å². The van der Waals surface area contributed by atoms with Crippen molar-refractivity contribution in [2.75, 3.05) is 39.4 Å². The fourth-order valence-electron chi connectivity index (χ4n) is 2.27. The molecule has 1 heterocycles. The monoisotopic (exact) mass is 329 g/mol. The lowest BCUT2D eigenvalue weighted by Crippen LogP contribution is -2.44. The van der Waals surface area contributed by atoms with Crippen molar-refractivity contribution in [3.8, 4) is 0 Å². The number of ether oxygens (including phenoxy) is 1. The first kappa shape index (κ1) is 17.1. The zero-order valence-electron chi connectivity index (χ0n) is 12.6. The lowest BCUT2D eigenvalue weighted by molar-refractivity contribution is 0.0389. The van der Waals surface area contributed by atoms with Gasteiger partial charge >= 0.3 is 0 Å². The van der Waals surface area contributed by atoms with Crippen molar-refractivity contribution in [2.45, 2.75) is 13.0 Å². The van der Waals surface area contributed by atoms with E-state index in [-0.39, 0.29) is 6.04 Å². The Labute approximate surface area is 134 Å². The topological polar surface area (TPSA) is 36.5 Å². The van der Waals surface area contributed by atoms with Gasteiger partial charge in [-0.2, -0.15) is 0 Å². The van der Waals surface area contributed by atoms with Crippen molar-refractivity contribution in [3.05, 3.63) is 35.4 Å². The molecule has 2 N–H and O–H groups in total. The number of thiocarbonyl (C=S) groups is 1. The lowest BCUT2D eigenvalue weighted by atomic mass is 10.1. The number of benzene rings is 1. The van der Waals surface area contributed by atoms with Crippen LogP contribution in [0.1, 0.15) is 18.5 Å². The van der Waals surface area contributed by atoms with E-state index in [2.05, 4.69) is 15.5 Å². The summed E-state index contributed by atoms with van der Waals surface area (Å²) in [5.41, 5.74) is 0.649. The average molecular weight is 329 g/mol. The molecule has 22 heavy (non-hydrogen) atoms. The summed E-state index contributed by atoms with van der Waals surface area (Å²) in [5.74, 6) is -1.69. The predicted molar refractivity (Wildman–Crippen MR) is 85.8 cm³/mol. The first-order chi connectivity index (χ1) is 10.6. The maximum atomic E-state index is 13.2. The van der Waals surface area contributed by atoms with Gasteiger partial charge in [0.1, 0.15) is 0 Å². The van der Waals surface area contributed by atoms with E-state index in [1.807, 2.05) is 6.92 Å². The van der Waals surface area contributed by atoms with Crippen LogP contribution in [-0.2, 0) is 4.74 Å². The SMILES string of the molecule is C[C@H](NC(=S)NCCN1CCOCC1)c1ccc(F)c(F)c1. The molecule has 0 amide bonds. The van der Waals surface area contributed by atoms with Gasteiger partial charge in [0, 0.05) is 26.2 Å². The zero-order chi connectivity index (χ0) is 15.9. The molecule has 0 aromatic heterocycles. The molecule has 2 rings (SSSR count). The average Bonchev–Trinajstić information content (AvgIpc) is 2.51. The first-order valence-corrected chi connectivity index (χ1v) is 7.76. The second-order valence-corrected chi connectivity index (χ2v) is 5.66. The van der Waals surface area contributed by atoms with Gasteiger partial charge in [0.25, 0.3) is 0 Å². The van der Waals surface area contributed by atoms with Gasteiger partial charge in [-0.1, -0.05) is 6.07 Å². The molecule has 1 aliphatic rings. The lowest BCUT2D eigenvalue weighted by Gasteiger charge is -2.27. The zero-order valence-corrected chi connectivity index (χ0v) is 13.4. The van der Waals surface area contributed by atoms with Crippen molar-refractivity contribution >= 4 is 17.3 Å². The molecule has 1 aromatic carbocycles. The Morgan fingerprint density at radius 3 is 2.73 bits per heavy atom. The predicted octanol–water partition coefficient (Wildman–Crippen LogP) is 1.82. The van der Waals surface area contributed by atoms with Crippen LogP contribution in [0.5, 0.6) is 0 Å². The van der Waals surface area contributed by atoms with Crippen LogP contribution < -0.4 is 10.6 Å². The third-order valence-electron chi connectivity index (χ3n) is 3.61. The summed E-state index contributed by atoms with van der Waals surface area (Å²) in [7, 11) is 0. The first-order valence-electron chi connectivity index (χ1n) is 7.35. The fourth-order valence-corrected chi connectivity index (χ4v) is 2.54. The van der Waals surface area contributed by atoms with Gasteiger partial charge in [0.2, 0.25) is 0 Å². The van der Waals surface area contributed by atoms with Gasteiger partial charge in [0.15, 0.2) is 16.7 Å². The number of morpholine rings is 1. The molecule has 0 bridgehead atoms. The highest BCUT2D eigenvalue weighted by molar-refractivity contribution is 7.80. The molecule has 1 fully saturated rings. The minimum atomic E-state index is -0.850. The molecule has 0 saturated carbocycles. The van der Waals surface area contributed by atoms with Gasteiger partial charge in [-0.05, 0) is 36.8 Å². The summed E-state index contributed by atoms with van der Waals surface area (Å²) >= 11 is 5.22. The summed E-state index contributed by atoms with van der Waals surface area (Å²) in [6, 6.07) is 3.66. The van der Waals surface area contributed by atoms with Crippen molar-refractivity contribution in [1.29, 1.82) is 0 Å². The summed E-state index contributed by atoms with van der Waals surface area (Å²) < 4.78 is 31.4. The van der Waals surface area contributed by atoms with Gasteiger partial charge in [-0.25, -0.2) is 8.78 Å². The smallest absolute Gasteiger partial charge is 0.166 e. The summed E-state index contributed by atoms with van der Waals surface area (Å²) in [4.78, 5) is 2.30. The van der Waals surface area contributed by atoms with Gasteiger partial charge in [-0.3, -0.25) is 4.90 Å². The molecule has 1 aromatic rings. The second kappa shape index (κ2) is 8.36.